The lowest BCUT2D eigenvalue weighted by Gasteiger charge is -2.39. The van der Waals surface area contributed by atoms with Crippen LogP contribution in [0.25, 0.3) is 0 Å². The summed E-state index contributed by atoms with van der Waals surface area (Å²) in [5.74, 6) is 0. The van der Waals surface area contributed by atoms with Crippen LogP contribution in [0.5, 0.6) is 0 Å². The molecular formula is C9H16O4. The summed E-state index contributed by atoms with van der Waals surface area (Å²) in [7, 11) is 0. The van der Waals surface area contributed by atoms with Crippen LogP contribution >= 0.6 is 0 Å². The third-order valence-electron chi connectivity index (χ3n) is 2.32. The molecule has 0 atom stereocenters. The summed E-state index contributed by atoms with van der Waals surface area (Å²) in [4.78, 5) is 10.9. The Hall–Kier alpha value is -0.770. The molecule has 1 fully saturated rings. The number of hydrogen-bond acceptors (Lipinski definition) is 4. The van der Waals surface area contributed by atoms with Crippen LogP contribution in [0.2, 0.25) is 0 Å². The van der Waals surface area contributed by atoms with Crippen LogP contribution in [0.3, 0.4) is 0 Å². The van der Waals surface area contributed by atoms with Crippen LogP contribution in [0.1, 0.15) is 20.3 Å². The Labute approximate surface area is 78.2 Å². The highest BCUT2D eigenvalue weighted by molar-refractivity contribution is 5.59. The molecule has 0 aromatic carbocycles. The first-order valence-electron chi connectivity index (χ1n) is 4.60. The molecule has 0 bridgehead atoms. The van der Waals surface area contributed by atoms with Crippen LogP contribution in [0, 0.1) is 5.41 Å². The molecule has 76 valence electrons. The van der Waals surface area contributed by atoms with Crippen LogP contribution < -0.4 is 0 Å². The first-order valence-corrected chi connectivity index (χ1v) is 4.60. The summed E-state index contributed by atoms with van der Waals surface area (Å²) >= 11 is 0. The van der Waals surface area contributed by atoms with E-state index in [0.29, 0.717) is 26.4 Å². The van der Waals surface area contributed by atoms with E-state index in [0.717, 1.165) is 6.42 Å². The number of carbonyl (C=O) groups is 1. The van der Waals surface area contributed by atoms with Crippen LogP contribution in [-0.4, -0.2) is 32.6 Å². The van der Waals surface area contributed by atoms with Gasteiger partial charge in [-0.05, 0) is 13.3 Å². The summed E-state index contributed by atoms with van der Waals surface area (Å²) < 4.78 is 14.7. The maximum absolute atomic E-state index is 10.9. The second-order valence-corrected chi connectivity index (χ2v) is 3.32. The minimum absolute atomic E-state index is 0.0484. The average molecular weight is 188 g/mol. The van der Waals surface area contributed by atoms with Crippen molar-refractivity contribution in [2.75, 3.05) is 26.4 Å². The summed E-state index contributed by atoms with van der Waals surface area (Å²) in [6, 6.07) is 0. The molecule has 1 aliphatic heterocycles. The molecule has 13 heavy (non-hydrogen) atoms. The van der Waals surface area contributed by atoms with Gasteiger partial charge in [0.05, 0.1) is 25.2 Å². The van der Waals surface area contributed by atoms with Gasteiger partial charge in [0.2, 0.25) is 0 Å². The van der Waals surface area contributed by atoms with Crippen molar-refractivity contribution in [3.63, 3.8) is 0 Å². The molecule has 0 N–H and O–H groups in total. The predicted molar refractivity (Wildman–Crippen MR) is 46.5 cm³/mol. The van der Waals surface area contributed by atoms with Crippen molar-refractivity contribution in [1.82, 2.24) is 0 Å². The van der Waals surface area contributed by atoms with E-state index in [9.17, 15) is 4.79 Å². The Morgan fingerprint density at radius 1 is 1.38 bits per heavy atom. The summed E-state index contributed by atoms with van der Waals surface area (Å²) in [5, 5.41) is 0. The van der Waals surface area contributed by atoms with E-state index in [2.05, 4.69) is 11.7 Å². The molecule has 4 nitrogen and oxygen atoms in total. The van der Waals surface area contributed by atoms with Gasteiger partial charge in [0.15, 0.2) is 0 Å². The lowest BCUT2D eigenvalue weighted by molar-refractivity contribution is -0.143. The largest absolute Gasteiger partial charge is 0.508 e. The molecule has 0 saturated carbocycles. The molecule has 0 aliphatic carbocycles. The molecular weight excluding hydrogens is 172 g/mol. The second-order valence-electron chi connectivity index (χ2n) is 3.32. The quantitative estimate of drug-likeness (QED) is 0.628. The van der Waals surface area contributed by atoms with Crippen molar-refractivity contribution in [2.24, 2.45) is 5.41 Å². The van der Waals surface area contributed by atoms with Gasteiger partial charge in [0.1, 0.15) is 6.61 Å². The predicted octanol–water partition coefficient (Wildman–Crippen LogP) is 1.59. The van der Waals surface area contributed by atoms with Gasteiger partial charge in [-0.1, -0.05) is 6.92 Å². The molecule has 1 aliphatic rings. The van der Waals surface area contributed by atoms with Gasteiger partial charge < -0.3 is 14.2 Å². The Balaban J connectivity index is 2.20. The first kappa shape index (κ1) is 10.3. The molecule has 4 heteroatoms. The van der Waals surface area contributed by atoms with Gasteiger partial charge in [-0.15, -0.1) is 0 Å². The van der Waals surface area contributed by atoms with Gasteiger partial charge >= 0.3 is 6.16 Å². The molecule has 0 aromatic heterocycles. The Morgan fingerprint density at radius 3 is 2.46 bits per heavy atom. The molecule has 1 saturated heterocycles. The number of rotatable bonds is 4. The smallest absolute Gasteiger partial charge is 0.435 e. The maximum atomic E-state index is 10.9. The highest BCUT2D eigenvalue weighted by Crippen LogP contribution is 2.31. The zero-order valence-corrected chi connectivity index (χ0v) is 8.17. The standard InChI is InChI=1S/C9H16O4/c1-3-9(5-11-6-9)7-13-8(10)12-4-2/h3-7H2,1-2H3. The fourth-order valence-corrected chi connectivity index (χ4v) is 1.15. The Kier molecular flexibility index (Phi) is 3.54. The van der Waals surface area contributed by atoms with Crippen LogP contribution in [0.4, 0.5) is 4.79 Å². The van der Waals surface area contributed by atoms with E-state index in [-0.39, 0.29) is 5.41 Å². The van der Waals surface area contributed by atoms with E-state index in [1.165, 1.54) is 0 Å². The minimum atomic E-state index is -0.581. The third kappa shape index (κ3) is 2.59. The minimum Gasteiger partial charge on any atom is -0.435 e. The van der Waals surface area contributed by atoms with Crippen molar-refractivity contribution in [2.45, 2.75) is 20.3 Å². The zero-order valence-electron chi connectivity index (χ0n) is 8.17. The van der Waals surface area contributed by atoms with Crippen molar-refractivity contribution in [1.29, 1.82) is 0 Å². The molecule has 0 radical (unpaired) electrons. The van der Waals surface area contributed by atoms with Crippen molar-refractivity contribution in [3.05, 3.63) is 0 Å². The molecule has 1 rings (SSSR count). The molecule has 0 aromatic rings. The highest BCUT2D eigenvalue weighted by Gasteiger charge is 2.38. The number of carbonyl (C=O) groups excluding carboxylic acids is 1. The fraction of sp³-hybridized carbons (Fsp3) is 0.889. The normalized spacial score (nSPS) is 18.9. The highest BCUT2D eigenvalue weighted by atomic mass is 16.7. The monoisotopic (exact) mass is 188 g/mol. The number of hydrogen-bond donors (Lipinski definition) is 0. The average Bonchev–Trinajstić information content (AvgIpc) is 2.04. The summed E-state index contributed by atoms with van der Waals surface area (Å²) in [6.45, 7) is 5.95. The van der Waals surface area contributed by atoms with Crippen LogP contribution in [-0.2, 0) is 14.2 Å². The fourth-order valence-electron chi connectivity index (χ4n) is 1.15. The second kappa shape index (κ2) is 4.46. The molecule has 0 amide bonds. The van der Waals surface area contributed by atoms with Gasteiger partial charge in [-0.25, -0.2) is 4.79 Å². The number of ether oxygens (including phenoxy) is 3. The van der Waals surface area contributed by atoms with E-state index in [4.69, 9.17) is 9.47 Å². The molecule has 0 unspecified atom stereocenters. The van der Waals surface area contributed by atoms with E-state index < -0.39 is 6.16 Å². The topological polar surface area (TPSA) is 44.8 Å². The van der Waals surface area contributed by atoms with Gasteiger partial charge in [0, 0.05) is 0 Å². The maximum Gasteiger partial charge on any atom is 0.508 e. The Morgan fingerprint density at radius 2 is 2.08 bits per heavy atom. The Bertz CT molecular complexity index is 169. The van der Waals surface area contributed by atoms with E-state index >= 15 is 0 Å². The lowest BCUT2D eigenvalue weighted by Crippen LogP contribution is -2.46. The van der Waals surface area contributed by atoms with E-state index in [1.807, 2.05) is 0 Å². The van der Waals surface area contributed by atoms with Crippen molar-refractivity contribution >= 4 is 6.16 Å². The summed E-state index contributed by atoms with van der Waals surface area (Å²) in [5.41, 5.74) is 0.0484. The molecule has 1 heterocycles. The third-order valence-corrected chi connectivity index (χ3v) is 2.32. The zero-order chi connectivity index (χ0) is 9.73. The van der Waals surface area contributed by atoms with Crippen LogP contribution in [0.15, 0.2) is 0 Å². The summed E-state index contributed by atoms with van der Waals surface area (Å²) in [6.07, 6.45) is 0.383. The SMILES string of the molecule is CCOC(=O)OCC1(CC)COC1. The van der Waals surface area contributed by atoms with Gasteiger partial charge in [-0.3, -0.25) is 0 Å². The lowest BCUT2D eigenvalue weighted by atomic mass is 9.84. The van der Waals surface area contributed by atoms with Crippen molar-refractivity contribution in [3.8, 4) is 0 Å². The van der Waals surface area contributed by atoms with E-state index in [1.54, 1.807) is 6.92 Å². The molecule has 0 spiro atoms. The van der Waals surface area contributed by atoms with Crippen molar-refractivity contribution < 1.29 is 19.0 Å². The van der Waals surface area contributed by atoms with Gasteiger partial charge in [0.25, 0.3) is 0 Å². The first-order chi connectivity index (χ1) is 6.22. The van der Waals surface area contributed by atoms with Gasteiger partial charge in [-0.2, -0.15) is 0 Å².